The molecule has 0 aliphatic carbocycles. The SMILES string of the molecule is CC(C)(C)c1ccc([C@H](CNc2oc(COc3ccc(Cl)cc3)nc2C#N)N2CCCC2)cc1. The molecule has 0 bridgehead atoms. The van der Waals surface area contributed by atoms with Gasteiger partial charge in [0, 0.05) is 11.6 Å². The zero-order chi connectivity index (χ0) is 24.1. The Morgan fingerprint density at radius 2 is 1.79 bits per heavy atom. The van der Waals surface area contributed by atoms with E-state index in [0.717, 1.165) is 13.1 Å². The maximum absolute atomic E-state index is 9.57. The highest BCUT2D eigenvalue weighted by Gasteiger charge is 2.25. The lowest BCUT2D eigenvalue weighted by molar-refractivity contribution is 0.252. The Labute approximate surface area is 206 Å². The third kappa shape index (κ3) is 5.91. The van der Waals surface area contributed by atoms with Gasteiger partial charge >= 0.3 is 0 Å². The van der Waals surface area contributed by atoms with Crippen LogP contribution in [0.25, 0.3) is 0 Å². The molecule has 1 aromatic heterocycles. The lowest BCUT2D eigenvalue weighted by Crippen LogP contribution is -2.31. The molecule has 1 fully saturated rings. The molecular formula is C27H31ClN4O2. The monoisotopic (exact) mass is 478 g/mol. The Hall–Kier alpha value is -3.01. The first-order valence-electron chi connectivity index (χ1n) is 11.7. The molecule has 1 aliphatic heterocycles. The number of likely N-dealkylation sites (tertiary alicyclic amines) is 1. The number of nitrogens with one attached hydrogen (secondary N) is 1. The number of anilines is 1. The standard InChI is InChI=1S/C27H31ClN4O2/c1-27(2,3)20-8-6-19(7-9-20)24(32-14-4-5-15-32)17-30-26-23(16-29)31-25(34-26)18-33-22-12-10-21(28)11-13-22/h6-13,24,30H,4-5,14-15,17-18H2,1-3H3/t24-/m0/s1. The summed E-state index contributed by atoms with van der Waals surface area (Å²) >= 11 is 5.92. The third-order valence-corrected chi connectivity index (χ3v) is 6.40. The van der Waals surface area contributed by atoms with E-state index in [2.05, 4.69) is 66.3 Å². The van der Waals surface area contributed by atoms with E-state index in [1.807, 2.05) is 0 Å². The molecule has 2 heterocycles. The molecule has 0 unspecified atom stereocenters. The van der Waals surface area contributed by atoms with Crippen molar-refractivity contribution in [2.24, 2.45) is 0 Å². The van der Waals surface area contributed by atoms with Gasteiger partial charge < -0.3 is 14.5 Å². The van der Waals surface area contributed by atoms with Crippen molar-refractivity contribution in [1.29, 1.82) is 5.26 Å². The van der Waals surface area contributed by atoms with E-state index < -0.39 is 0 Å². The summed E-state index contributed by atoms with van der Waals surface area (Å²) in [5.74, 6) is 1.39. The van der Waals surface area contributed by atoms with Crippen LogP contribution in [0.2, 0.25) is 5.02 Å². The molecule has 0 spiro atoms. The molecule has 2 aromatic carbocycles. The molecule has 1 atom stereocenters. The Kier molecular flexibility index (Phi) is 7.45. The van der Waals surface area contributed by atoms with E-state index >= 15 is 0 Å². The van der Waals surface area contributed by atoms with Gasteiger partial charge in [0.15, 0.2) is 6.61 Å². The predicted molar refractivity (Wildman–Crippen MR) is 134 cm³/mol. The molecule has 6 nitrogen and oxygen atoms in total. The summed E-state index contributed by atoms with van der Waals surface area (Å²) in [5.41, 5.74) is 2.92. The summed E-state index contributed by atoms with van der Waals surface area (Å²) in [5, 5.41) is 13.6. The van der Waals surface area contributed by atoms with Crippen molar-refractivity contribution in [3.8, 4) is 11.8 Å². The van der Waals surface area contributed by atoms with Crippen LogP contribution in [0.3, 0.4) is 0 Å². The van der Waals surface area contributed by atoms with Crippen LogP contribution in [0.4, 0.5) is 5.88 Å². The minimum Gasteiger partial charge on any atom is -0.484 e. The third-order valence-electron chi connectivity index (χ3n) is 6.15. The highest BCUT2D eigenvalue weighted by molar-refractivity contribution is 6.30. The van der Waals surface area contributed by atoms with Crippen LogP contribution in [0, 0.1) is 11.3 Å². The zero-order valence-electron chi connectivity index (χ0n) is 20.0. The lowest BCUT2D eigenvalue weighted by atomic mass is 9.86. The fourth-order valence-corrected chi connectivity index (χ4v) is 4.33. The first-order chi connectivity index (χ1) is 16.3. The predicted octanol–water partition coefficient (Wildman–Crippen LogP) is 6.33. The highest BCUT2D eigenvalue weighted by atomic mass is 35.5. The molecule has 4 rings (SSSR count). The van der Waals surface area contributed by atoms with Crippen molar-refractivity contribution in [3.63, 3.8) is 0 Å². The Morgan fingerprint density at radius 1 is 1.12 bits per heavy atom. The average molecular weight is 479 g/mol. The number of nitrogens with zero attached hydrogens (tertiary/aromatic N) is 3. The number of oxazole rings is 1. The molecule has 1 N–H and O–H groups in total. The van der Waals surface area contributed by atoms with Gasteiger partial charge in [-0.25, -0.2) is 0 Å². The maximum Gasteiger partial charge on any atom is 0.236 e. The van der Waals surface area contributed by atoms with Crippen molar-refractivity contribution < 1.29 is 9.15 Å². The first kappa shape index (κ1) is 24.1. The van der Waals surface area contributed by atoms with E-state index in [1.165, 1.54) is 24.0 Å². The number of hydrogen-bond acceptors (Lipinski definition) is 6. The second-order valence-corrected chi connectivity index (χ2v) is 10.1. The summed E-state index contributed by atoms with van der Waals surface area (Å²) in [7, 11) is 0. The van der Waals surface area contributed by atoms with E-state index in [4.69, 9.17) is 20.8 Å². The molecular weight excluding hydrogens is 448 g/mol. The van der Waals surface area contributed by atoms with Gasteiger partial charge in [-0.05, 0) is 66.7 Å². The van der Waals surface area contributed by atoms with Crippen molar-refractivity contribution in [3.05, 3.63) is 76.3 Å². The number of ether oxygens (including phenoxy) is 1. The summed E-state index contributed by atoms with van der Waals surface area (Å²) in [6.45, 7) is 9.55. The van der Waals surface area contributed by atoms with Gasteiger partial charge in [-0.2, -0.15) is 10.2 Å². The minimum atomic E-state index is 0.117. The smallest absolute Gasteiger partial charge is 0.236 e. The van der Waals surface area contributed by atoms with Crippen LogP contribution in [0.15, 0.2) is 52.9 Å². The Morgan fingerprint density at radius 3 is 2.41 bits per heavy atom. The van der Waals surface area contributed by atoms with Crippen molar-refractivity contribution in [1.82, 2.24) is 9.88 Å². The molecule has 0 saturated carbocycles. The second-order valence-electron chi connectivity index (χ2n) is 9.65. The van der Waals surface area contributed by atoms with E-state index in [0.29, 0.717) is 29.1 Å². The van der Waals surface area contributed by atoms with E-state index in [9.17, 15) is 5.26 Å². The average Bonchev–Trinajstić information content (AvgIpc) is 3.49. The molecule has 7 heteroatoms. The normalized spacial score (nSPS) is 15.1. The summed E-state index contributed by atoms with van der Waals surface area (Å²) in [4.78, 5) is 6.79. The summed E-state index contributed by atoms with van der Waals surface area (Å²) in [6, 6.07) is 18.3. The van der Waals surface area contributed by atoms with Crippen molar-refractivity contribution in [2.75, 3.05) is 25.0 Å². The topological polar surface area (TPSA) is 74.3 Å². The van der Waals surface area contributed by atoms with Gasteiger partial charge in [-0.1, -0.05) is 56.6 Å². The van der Waals surface area contributed by atoms with Crippen molar-refractivity contribution in [2.45, 2.75) is 51.7 Å². The Bertz CT molecular complexity index is 1120. The second kappa shape index (κ2) is 10.5. The zero-order valence-corrected chi connectivity index (χ0v) is 20.7. The molecule has 3 aromatic rings. The number of hydrogen-bond donors (Lipinski definition) is 1. The lowest BCUT2D eigenvalue weighted by Gasteiger charge is -2.29. The van der Waals surface area contributed by atoms with Crippen LogP contribution in [0.5, 0.6) is 5.75 Å². The van der Waals surface area contributed by atoms with Gasteiger partial charge in [0.25, 0.3) is 0 Å². The molecule has 0 radical (unpaired) electrons. The molecule has 0 amide bonds. The van der Waals surface area contributed by atoms with Gasteiger partial charge in [-0.3, -0.25) is 4.90 Å². The highest BCUT2D eigenvalue weighted by Crippen LogP contribution is 2.29. The molecule has 34 heavy (non-hydrogen) atoms. The number of halogens is 1. The molecule has 178 valence electrons. The maximum atomic E-state index is 9.57. The summed E-state index contributed by atoms with van der Waals surface area (Å²) < 4.78 is 11.6. The van der Waals surface area contributed by atoms with Crippen LogP contribution >= 0.6 is 11.6 Å². The van der Waals surface area contributed by atoms with E-state index in [-0.39, 0.29) is 23.8 Å². The van der Waals surface area contributed by atoms with Crippen LogP contribution in [0.1, 0.15) is 62.4 Å². The van der Waals surface area contributed by atoms with E-state index in [1.54, 1.807) is 24.3 Å². The largest absolute Gasteiger partial charge is 0.484 e. The van der Waals surface area contributed by atoms with Gasteiger partial charge in [0.1, 0.15) is 11.8 Å². The van der Waals surface area contributed by atoms with Gasteiger partial charge in [0.05, 0.1) is 6.04 Å². The quantitative estimate of drug-likeness (QED) is 0.408. The van der Waals surface area contributed by atoms with Crippen LogP contribution in [-0.2, 0) is 12.0 Å². The minimum absolute atomic E-state index is 0.117. The number of nitriles is 1. The summed E-state index contributed by atoms with van der Waals surface area (Å²) in [6.07, 6.45) is 2.41. The van der Waals surface area contributed by atoms with Crippen LogP contribution in [-0.4, -0.2) is 29.5 Å². The number of benzene rings is 2. The van der Waals surface area contributed by atoms with Crippen molar-refractivity contribution >= 4 is 17.5 Å². The van der Waals surface area contributed by atoms with Gasteiger partial charge in [0.2, 0.25) is 17.5 Å². The molecule has 1 saturated heterocycles. The number of aromatic nitrogens is 1. The first-order valence-corrected chi connectivity index (χ1v) is 12.1. The van der Waals surface area contributed by atoms with Gasteiger partial charge in [-0.15, -0.1) is 0 Å². The molecule has 1 aliphatic rings. The Balaban J connectivity index is 1.46. The fourth-order valence-electron chi connectivity index (χ4n) is 4.20. The number of rotatable bonds is 8. The fraction of sp³-hybridized carbons (Fsp3) is 0.407. The van der Waals surface area contributed by atoms with Crippen LogP contribution < -0.4 is 10.1 Å².